The van der Waals surface area contributed by atoms with E-state index in [4.69, 9.17) is 17.2 Å². The summed E-state index contributed by atoms with van der Waals surface area (Å²) in [7, 11) is 0. The first-order valence-corrected chi connectivity index (χ1v) is 10.6. The van der Waals surface area contributed by atoms with Gasteiger partial charge in [-0.25, -0.2) is 0 Å². The van der Waals surface area contributed by atoms with E-state index in [1.807, 2.05) is 60.7 Å². The van der Waals surface area contributed by atoms with Crippen molar-refractivity contribution in [1.29, 1.82) is 0 Å². The van der Waals surface area contributed by atoms with Crippen LogP contribution in [0.2, 0.25) is 0 Å². The van der Waals surface area contributed by atoms with Crippen LogP contribution < -0.4 is 27.8 Å². The smallest absolute Gasteiger partial charge is 0.244 e. The van der Waals surface area contributed by atoms with Gasteiger partial charge < -0.3 is 27.8 Å². The Labute approximate surface area is 193 Å². The second-order valence-corrected chi connectivity index (χ2v) is 7.41. The molecule has 0 spiro atoms. The Morgan fingerprint density at radius 3 is 2.12 bits per heavy atom. The molecule has 0 aliphatic heterocycles. The molecule has 2 rings (SSSR count). The molecule has 0 aliphatic rings. The number of rotatable bonds is 12. The third-order valence-corrected chi connectivity index (χ3v) is 4.75. The van der Waals surface area contributed by atoms with Crippen molar-refractivity contribution in [2.45, 2.75) is 31.3 Å². The van der Waals surface area contributed by atoms with E-state index < -0.39 is 29.8 Å². The van der Waals surface area contributed by atoms with Crippen molar-refractivity contribution < 1.29 is 14.4 Å². The van der Waals surface area contributed by atoms with Crippen LogP contribution in [0.25, 0.3) is 6.08 Å². The van der Waals surface area contributed by atoms with Crippen LogP contribution in [0.4, 0.5) is 0 Å². The highest BCUT2D eigenvalue weighted by Crippen LogP contribution is 2.06. The predicted molar refractivity (Wildman–Crippen MR) is 129 cm³/mol. The van der Waals surface area contributed by atoms with Crippen molar-refractivity contribution in [2.75, 3.05) is 6.54 Å². The SMILES string of the molecule is NC(=O)[C@@H](Cc1ccccc1)NC(=O)[C@@H](CCCN=C(N)N)NC(=O)/C=C/c1ccccc1. The van der Waals surface area contributed by atoms with Gasteiger partial charge in [0.1, 0.15) is 12.1 Å². The maximum atomic E-state index is 12.9. The molecular weight excluding hydrogens is 420 g/mol. The van der Waals surface area contributed by atoms with Crippen LogP contribution in [0.1, 0.15) is 24.0 Å². The summed E-state index contributed by atoms with van der Waals surface area (Å²) in [6.45, 7) is 0.297. The third-order valence-electron chi connectivity index (χ3n) is 4.75. The molecule has 174 valence electrons. The number of nitrogens with one attached hydrogen (secondary N) is 2. The van der Waals surface area contributed by atoms with Crippen LogP contribution in [0.5, 0.6) is 0 Å². The van der Waals surface area contributed by atoms with Crippen molar-refractivity contribution >= 4 is 29.8 Å². The molecule has 0 bridgehead atoms. The molecule has 2 atom stereocenters. The quantitative estimate of drug-likeness (QED) is 0.137. The van der Waals surface area contributed by atoms with Gasteiger partial charge in [-0.3, -0.25) is 19.4 Å². The highest BCUT2D eigenvalue weighted by Gasteiger charge is 2.25. The maximum Gasteiger partial charge on any atom is 0.244 e. The molecule has 2 aromatic carbocycles. The van der Waals surface area contributed by atoms with E-state index in [2.05, 4.69) is 15.6 Å². The van der Waals surface area contributed by atoms with Crippen LogP contribution in [-0.4, -0.2) is 42.3 Å². The number of nitrogens with zero attached hydrogens (tertiary/aromatic N) is 1. The fourth-order valence-electron chi connectivity index (χ4n) is 3.07. The Bertz CT molecular complexity index is 972. The number of hydrogen-bond donors (Lipinski definition) is 5. The lowest BCUT2D eigenvalue weighted by Crippen LogP contribution is -2.53. The molecule has 0 aromatic heterocycles. The molecule has 0 fully saturated rings. The Morgan fingerprint density at radius 2 is 1.52 bits per heavy atom. The van der Waals surface area contributed by atoms with Crippen molar-refractivity contribution in [3.05, 3.63) is 77.9 Å². The van der Waals surface area contributed by atoms with E-state index in [0.29, 0.717) is 13.0 Å². The number of primary amides is 1. The molecule has 2 aromatic rings. The van der Waals surface area contributed by atoms with E-state index in [1.165, 1.54) is 6.08 Å². The van der Waals surface area contributed by atoms with Crippen LogP contribution in [0.15, 0.2) is 71.7 Å². The third kappa shape index (κ3) is 9.69. The zero-order valence-electron chi connectivity index (χ0n) is 18.3. The van der Waals surface area contributed by atoms with Gasteiger partial charge in [-0.15, -0.1) is 0 Å². The molecule has 8 N–H and O–H groups in total. The number of carbonyl (C=O) groups is 3. The topological polar surface area (TPSA) is 166 Å². The van der Waals surface area contributed by atoms with Gasteiger partial charge in [0, 0.05) is 19.0 Å². The van der Waals surface area contributed by atoms with Gasteiger partial charge in [0.25, 0.3) is 0 Å². The number of aliphatic imine (C=N–C) groups is 1. The zero-order valence-corrected chi connectivity index (χ0v) is 18.3. The molecule has 33 heavy (non-hydrogen) atoms. The molecule has 0 heterocycles. The molecule has 0 saturated carbocycles. The van der Waals surface area contributed by atoms with Gasteiger partial charge in [0.2, 0.25) is 17.7 Å². The van der Waals surface area contributed by atoms with Crippen molar-refractivity contribution in [3.63, 3.8) is 0 Å². The van der Waals surface area contributed by atoms with Gasteiger partial charge in [0.15, 0.2) is 5.96 Å². The molecule has 3 amide bonds. The van der Waals surface area contributed by atoms with E-state index in [0.717, 1.165) is 11.1 Å². The molecule has 9 nitrogen and oxygen atoms in total. The van der Waals surface area contributed by atoms with Gasteiger partial charge in [-0.05, 0) is 30.0 Å². The maximum absolute atomic E-state index is 12.9. The average molecular weight is 451 g/mol. The van der Waals surface area contributed by atoms with Gasteiger partial charge in [-0.2, -0.15) is 0 Å². The summed E-state index contributed by atoms with van der Waals surface area (Å²) in [5, 5.41) is 5.34. The molecule has 9 heteroatoms. The highest BCUT2D eigenvalue weighted by molar-refractivity contribution is 5.96. The van der Waals surface area contributed by atoms with Crippen molar-refractivity contribution in [2.24, 2.45) is 22.2 Å². The lowest BCUT2D eigenvalue weighted by atomic mass is 10.0. The Hall–Kier alpha value is -4.14. The summed E-state index contributed by atoms with van der Waals surface area (Å²) in [6.07, 6.45) is 3.94. The lowest BCUT2D eigenvalue weighted by molar-refractivity contribution is -0.130. The number of hydrogen-bond acceptors (Lipinski definition) is 4. The fourth-order valence-corrected chi connectivity index (χ4v) is 3.07. The number of carbonyl (C=O) groups excluding carboxylic acids is 3. The van der Waals surface area contributed by atoms with Crippen LogP contribution >= 0.6 is 0 Å². The molecular formula is C24H30N6O3. The summed E-state index contributed by atoms with van der Waals surface area (Å²) in [6, 6.07) is 16.7. The molecule has 0 radical (unpaired) electrons. The van der Waals surface area contributed by atoms with Gasteiger partial charge in [0.05, 0.1) is 0 Å². The second-order valence-electron chi connectivity index (χ2n) is 7.41. The molecule has 0 unspecified atom stereocenters. The Kier molecular flexibility index (Phi) is 10.1. The first kappa shape index (κ1) is 25.1. The predicted octanol–water partition coefficient (Wildman–Crippen LogP) is 0.451. The summed E-state index contributed by atoms with van der Waals surface area (Å²) < 4.78 is 0. The Balaban J connectivity index is 2.06. The average Bonchev–Trinajstić information content (AvgIpc) is 2.80. The number of guanidine groups is 1. The second kappa shape index (κ2) is 13.3. The summed E-state index contributed by atoms with van der Waals surface area (Å²) in [5.41, 5.74) is 17.9. The Morgan fingerprint density at radius 1 is 0.879 bits per heavy atom. The first-order valence-electron chi connectivity index (χ1n) is 10.6. The zero-order chi connectivity index (χ0) is 24.1. The van der Waals surface area contributed by atoms with E-state index >= 15 is 0 Å². The molecule has 0 aliphatic carbocycles. The normalized spacial score (nSPS) is 12.5. The minimum absolute atomic E-state index is 0.0533. The van der Waals surface area contributed by atoms with Crippen molar-refractivity contribution in [1.82, 2.24) is 10.6 Å². The van der Waals surface area contributed by atoms with E-state index in [-0.39, 0.29) is 18.8 Å². The van der Waals surface area contributed by atoms with Crippen molar-refractivity contribution in [3.8, 4) is 0 Å². The van der Waals surface area contributed by atoms with E-state index in [1.54, 1.807) is 6.08 Å². The first-order chi connectivity index (χ1) is 15.8. The van der Waals surface area contributed by atoms with Crippen LogP contribution in [0.3, 0.4) is 0 Å². The lowest BCUT2D eigenvalue weighted by Gasteiger charge is -2.21. The molecule has 0 saturated heterocycles. The van der Waals surface area contributed by atoms with Gasteiger partial charge in [-0.1, -0.05) is 60.7 Å². The summed E-state index contributed by atoms with van der Waals surface area (Å²) in [4.78, 5) is 41.2. The minimum atomic E-state index is -0.920. The van der Waals surface area contributed by atoms with Crippen LogP contribution in [-0.2, 0) is 20.8 Å². The monoisotopic (exact) mass is 450 g/mol. The highest BCUT2D eigenvalue weighted by atomic mass is 16.2. The number of nitrogens with two attached hydrogens (primary N) is 3. The fraction of sp³-hybridized carbons (Fsp3) is 0.250. The number of benzene rings is 2. The standard InChI is InChI=1S/C24H30N6O3/c25-22(32)20(16-18-10-5-2-6-11-18)30-23(33)19(12-7-15-28-24(26)27)29-21(31)14-13-17-8-3-1-4-9-17/h1-6,8-11,13-14,19-20H,7,12,15-16H2,(H2,25,32)(H,29,31)(H,30,33)(H4,26,27,28)/b14-13+/t19-,20-/m1/s1. The summed E-state index contributed by atoms with van der Waals surface area (Å²) in [5.74, 6) is -1.68. The minimum Gasteiger partial charge on any atom is -0.370 e. The van der Waals surface area contributed by atoms with Crippen LogP contribution in [0, 0.1) is 0 Å². The van der Waals surface area contributed by atoms with E-state index in [9.17, 15) is 14.4 Å². The summed E-state index contributed by atoms with van der Waals surface area (Å²) >= 11 is 0. The number of amides is 3. The van der Waals surface area contributed by atoms with Gasteiger partial charge >= 0.3 is 0 Å². The largest absolute Gasteiger partial charge is 0.370 e.